The molecule has 0 saturated heterocycles. The van der Waals surface area contributed by atoms with Gasteiger partial charge < -0.3 is 14.2 Å². The third-order valence-electron chi connectivity index (χ3n) is 3.30. The molecule has 4 heteroatoms. The molecule has 120 valence electrons. The van der Waals surface area contributed by atoms with Crippen molar-refractivity contribution in [1.82, 2.24) is 0 Å². The average molecular weight is 312 g/mol. The molecule has 0 aromatic heterocycles. The minimum Gasteiger partial charge on any atom is -0.494 e. The molecule has 0 N–H and O–H groups in total. The molecule has 0 aliphatic carbocycles. The van der Waals surface area contributed by atoms with Gasteiger partial charge in [-0.3, -0.25) is 4.79 Å². The van der Waals surface area contributed by atoms with Crippen molar-refractivity contribution in [3.63, 3.8) is 0 Å². The van der Waals surface area contributed by atoms with Crippen LogP contribution in [0.15, 0.2) is 48.5 Å². The molecule has 0 aliphatic rings. The molecular weight excluding hydrogens is 292 g/mol. The second-order valence-corrected chi connectivity index (χ2v) is 4.74. The predicted octanol–water partition coefficient (Wildman–Crippen LogP) is 4.00. The van der Waals surface area contributed by atoms with Crippen LogP contribution in [0, 0.1) is 0 Å². The normalized spacial score (nSPS) is 10.6. The molecule has 0 radical (unpaired) electrons. The second kappa shape index (κ2) is 8.03. The van der Waals surface area contributed by atoms with Gasteiger partial charge in [-0.05, 0) is 49.4 Å². The van der Waals surface area contributed by atoms with Crippen LogP contribution < -0.4 is 14.2 Å². The lowest BCUT2D eigenvalue weighted by molar-refractivity contribution is 0.104. The van der Waals surface area contributed by atoms with Crippen LogP contribution in [-0.2, 0) is 0 Å². The van der Waals surface area contributed by atoms with Gasteiger partial charge in [0.1, 0.15) is 5.75 Å². The van der Waals surface area contributed by atoms with E-state index in [1.165, 1.54) is 6.08 Å². The molecular formula is C19H20O4. The number of methoxy groups -OCH3 is 2. The maximum atomic E-state index is 12.2. The number of hydrogen-bond acceptors (Lipinski definition) is 4. The molecule has 2 rings (SSSR count). The first kappa shape index (κ1) is 16.6. The van der Waals surface area contributed by atoms with Gasteiger partial charge in [-0.2, -0.15) is 0 Å². The van der Waals surface area contributed by atoms with E-state index in [1.807, 2.05) is 25.1 Å². The van der Waals surface area contributed by atoms with E-state index in [-0.39, 0.29) is 5.78 Å². The maximum Gasteiger partial charge on any atom is 0.185 e. The molecule has 0 amide bonds. The molecule has 0 saturated carbocycles. The van der Waals surface area contributed by atoms with Gasteiger partial charge in [0.25, 0.3) is 0 Å². The van der Waals surface area contributed by atoms with Gasteiger partial charge >= 0.3 is 0 Å². The number of ketones is 1. The lowest BCUT2D eigenvalue weighted by Crippen LogP contribution is -1.96. The Balaban J connectivity index is 2.18. The van der Waals surface area contributed by atoms with E-state index < -0.39 is 0 Å². The third kappa shape index (κ3) is 4.13. The van der Waals surface area contributed by atoms with Crippen molar-refractivity contribution in [2.45, 2.75) is 6.92 Å². The van der Waals surface area contributed by atoms with E-state index in [1.54, 1.807) is 44.6 Å². The van der Waals surface area contributed by atoms with Gasteiger partial charge in [0.2, 0.25) is 0 Å². The zero-order valence-corrected chi connectivity index (χ0v) is 13.5. The third-order valence-corrected chi connectivity index (χ3v) is 3.30. The fraction of sp³-hybridized carbons (Fsp3) is 0.211. The first-order chi connectivity index (χ1) is 11.2. The van der Waals surface area contributed by atoms with E-state index in [0.717, 1.165) is 11.3 Å². The first-order valence-electron chi connectivity index (χ1n) is 7.35. The van der Waals surface area contributed by atoms with Crippen LogP contribution in [0.4, 0.5) is 0 Å². The van der Waals surface area contributed by atoms with Crippen LogP contribution in [-0.4, -0.2) is 26.6 Å². The van der Waals surface area contributed by atoms with Crippen LogP contribution in [0.5, 0.6) is 17.2 Å². The molecule has 0 bridgehead atoms. The van der Waals surface area contributed by atoms with Crippen molar-refractivity contribution in [1.29, 1.82) is 0 Å². The highest BCUT2D eigenvalue weighted by Crippen LogP contribution is 2.31. The van der Waals surface area contributed by atoms with Crippen LogP contribution in [0.2, 0.25) is 0 Å². The molecule has 23 heavy (non-hydrogen) atoms. The maximum absolute atomic E-state index is 12.2. The molecule has 0 heterocycles. The summed E-state index contributed by atoms with van der Waals surface area (Å²) in [6.45, 7) is 2.52. The van der Waals surface area contributed by atoms with Gasteiger partial charge in [-0.1, -0.05) is 12.1 Å². The standard InChI is InChI=1S/C19H20O4/c1-4-23-16-11-8-14(9-12-16)17(20)13-10-15-6-5-7-18(21-2)19(15)22-3/h5-13H,4H2,1-3H3. The van der Waals surface area contributed by atoms with Crippen molar-refractivity contribution in [3.8, 4) is 17.2 Å². The van der Waals surface area contributed by atoms with E-state index in [2.05, 4.69) is 0 Å². The van der Waals surface area contributed by atoms with Gasteiger partial charge in [-0.25, -0.2) is 0 Å². The van der Waals surface area contributed by atoms with Crippen molar-refractivity contribution in [2.24, 2.45) is 0 Å². The number of para-hydroxylation sites is 1. The SMILES string of the molecule is CCOc1ccc(C(=O)C=Cc2cccc(OC)c2OC)cc1. The quantitative estimate of drug-likeness (QED) is 0.572. The summed E-state index contributed by atoms with van der Waals surface area (Å²) in [6, 6.07) is 12.6. The molecule has 0 fully saturated rings. The van der Waals surface area contributed by atoms with Crippen LogP contribution in [0.3, 0.4) is 0 Å². The zero-order valence-electron chi connectivity index (χ0n) is 13.5. The number of ether oxygens (including phenoxy) is 3. The lowest BCUT2D eigenvalue weighted by atomic mass is 10.1. The Morgan fingerprint density at radius 1 is 1.04 bits per heavy atom. The molecule has 0 unspecified atom stereocenters. The monoisotopic (exact) mass is 312 g/mol. The fourth-order valence-electron chi connectivity index (χ4n) is 2.19. The van der Waals surface area contributed by atoms with Crippen LogP contribution in [0.1, 0.15) is 22.8 Å². The van der Waals surface area contributed by atoms with E-state index in [0.29, 0.717) is 23.7 Å². The van der Waals surface area contributed by atoms with Crippen molar-refractivity contribution in [2.75, 3.05) is 20.8 Å². The highest BCUT2D eigenvalue weighted by Gasteiger charge is 2.08. The molecule has 0 atom stereocenters. The highest BCUT2D eigenvalue weighted by atomic mass is 16.5. The number of carbonyl (C=O) groups excluding carboxylic acids is 1. The molecule has 0 spiro atoms. The summed E-state index contributed by atoms with van der Waals surface area (Å²) in [4.78, 5) is 12.2. The molecule has 0 aliphatic heterocycles. The number of rotatable bonds is 7. The largest absolute Gasteiger partial charge is 0.494 e. The van der Waals surface area contributed by atoms with Gasteiger partial charge in [0.05, 0.1) is 20.8 Å². The van der Waals surface area contributed by atoms with E-state index in [4.69, 9.17) is 14.2 Å². The van der Waals surface area contributed by atoms with E-state index in [9.17, 15) is 4.79 Å². The molecule has 2 aromatic carbocycles. The summed E-state index contributed by atoms with van der Waals surface area (Å²) in [6.07, 6.45) is 3.24. The van der Waals surface area contributed by atoms with Crippen LogP contribution in [0.25, 0.3) is 6.08 Å². The summed E-state index contributed by atoms with van der Waals surface area (Å²) >= 11 is 0. The highest BCUT2D eigenvalue weighted by molar-refractivity contribution is 6.07. The summed E-state index contributed by atoms with van der Waals surface area (Å²) in [5, 5.41) is 0. The van der Waals surface area contributed by atoms with Crippen LogP contribution >= 0.6 is 0 Å². The van der Waals surface area contributed by atoms with Gasteiger partial charge in [0.15, 0.2) is 17.3 Å². The Kier molecular flexibility index (Phi) is 5.80. The van der Waals surface area contributed by atoms with Crippen molar-refractivity contribution < 1.29 is 19.0 Å². The summed E-state index contributed by atoms with van der Waals surface area (Å²) in [7, 11) is 3.15. The number of hydrogen-bond donors (Lipinski definition) is 0. The number of carbonyl (C=O) groups is 1. The minimum absolute atomic E-state index is 0.0853. The Labute approximate surface area is 136 Å². The first-order valence-corrected chi connectivity index (χ1v) is 7.35. The second-order valence-electron chi connectivity index (χ2n) is 4.74. The van der Waals surface area contributed by atoms with Gasteiger partial charge in [-0.15, -0.1) is 0 Å². The Hall–Kier alpha value is -2.75. The summed E-state index contributed by atoms with van der Waals surface area (Å²) < 4.78 is 16.0. The number of allylic oxidation sites excluding steroid dienone is 1. The van der Waals surface area contributed by atoms with Crippen molar-refractivity contribution in [3.05, 3.63) is 59.7 Å². The lowest BCUT2D eigenvalue weighted by Gasteiger charge is -2.09. The molecule has 4 nitrogen and oxygen atoms in total. The smallest absolute Gasteiger partial charge is 0.185 e. The minimum atomic E-state index is -0.0853. The van der Waals surface area contributed by atoms with Gasteiger partial charge in [0, 0.05) is 11.1 Å². The predicted molar refractivity (Wildman–Crippen MR) is 90.5 cm³/mol. The average Bonchev–Trinajstić information content (AvgIpc) is 2.60. The zero-order chi connectivity index (χ0) is 16.7. The van der Waals surface area contributed by atoms with E-state index >= 15 is 0 Å². The Morgan fingerprint density at radius 3 is 2.39 bits per heavy atom. The topological polar surface area (TPSA) is 44.8 Å². The summed E-state index contributed by atoms with van der Waals surface area (Å²) in [5.74, 6) is 1.90. The van der Waals surface area contributed by atoms with Crippen molar-refractivity contribution >= 4 is 11.9 Å². The Morgan fingerprint density at radius 2 is 1.78 bits per heavy atom. The Bertz CT molecular complexity index is 687. The summed E-state index contributed by atoms with van der Waals surface area (Å²) in [5.41, 5.74) is 1.39. The number of benzene rings is 2. The molecule has 2 aromatic rings. The fourth-order valence-corrected chi connectivity index (χ4v) is 2.19.